The number of ether oxygens (including phenoxy) is 2. The number of hydrogen-bond donors (Lipinski definition) is 2. The summed E-state index contributed by atoms with van der Waals surface area (Å²) in [6, 6.07) is 33.4. The summed E-state index contributed by atoms with van der Waals surface area (Å²) in [5, 5.41) is 3.68. The highest BCUT2D eigenvalue weighted by Gasteiger charge is 2.22. The summed E-state index contributed by atoms with van der Waals surface area (Å²) in [6.07, 6.45) is 0. The van der Waals surface area contributed by atoms with Gasteiger partial charge in [0, 0.05) is 21.1 Å². The van der Waals surface area contributed by atoms with Gasteiger partial charge in [-0.25, -0.2) is 4.98 Å². The van der Waals surface area contributed by atoms with Gasteiger partial charge in [-0.1, -0.05) is 82.2 Å². The summed E-state index contributed by atoms with van der Waals surface area (Å²) in [5.74, 6) is 0.942. The average molecular weight is 651 g/mol. The van der Waals surface area contributed by atoms with Gasteiger partial charge in [0.05, 0.1) is 18.5 Å². The number of nitrogens with two attached hydrogens (primary N) is 1. The number of nitrogen functional groups attached to an aromatic ring is 1. The number of aryl methyl sites for hydroxylation is 1. The van der Waals surface area contributed by atoms with Crippen molar-refractivity contribution < 1.29 is 14.3 Å². The molecule has 0 radical (unpaired) electrons. The maximum absolute atomic E-state index is 13.4. The first kappa shape index (κ1) is 28.5. The molecule has 0 saturated heterocycles. The van der Waals surface area contributed by atoms with E-state index in [-0.39, 0.29) is 5.91 Å². The molecule has 0 aliphatic rings. The Kier molecular flexibility index (Phi) is 8.13. The second kappa shape index (κ2) is 12.3. The van der Waals surface area contributed by atoms with Crippen LogP contribution in [0.4, 0.5) is 11.4 Å². The summed E-state index contributed by atoms with van der Waals surface area (Å²) in [7, 11) is 1.62. The molecule has 2 aromatic heterocycles. The lowest BCUT2D eigenvalue weighted by atomic mass is 9.98. The van der Waals surface area contributed by atoms with Gasteiger partial charge in [0.15, 0.2) is 11.5 Å². The van der Waals surface area contributed by atoms with Gasteiger partial charge in [0.2, 0.25) is 0 Å². The number of rotatable bonds is 8. The smallest absolute Gasteiger partial charge is 0.267 e. The van der Waals surface area contributed by atoms with E-state index in [1.165, 1.54) is 11.3 Å². The molecule has 43 heavy (non-hydrogen) atoms. The SMILES string of the molecule is COc1cc(-c2cc(-c3ccc(C)cc3)nc3sc(C(=O)Nc4ccc(Br)cc4)c(N)c23)ccc1OCc1ccccc1. The minimum atomic E-state index is -0.284. The van der Waals surface area contributed by atoms with Crippen molar-refractivity contribution in [3.05, 3.63) is 124 Å². The molecule has 6 aromatic rings. The van der Waals surface area contributed by atoms with Crippen molar-refractivity contribution >= 4 is 54.8 Å². The number of fused-ring (bicyclic) bond motifs is 1. The van der Waals surface area contributed by atoms with Crippen molar-refractivity contribution in [1.82, 2.24) is 4.98 Å². The van der Waals surface area contributed by atoms with E-state index in [9.17, 15) is 4.79 Å². The van der Waals surface area contributed by atoms with Crippen molar-refractivity contribution in [3.8, 4) is 33.9 Å². The number of carbonyl (C=O) groups is 1. The number of pyridine rings is 1. The van der Waals surface area contributed by atoms with E-state index < -0.39 is 0 Å². The number of benzene rings is 4. The van der Waals surface area contributed by atoms with E-state index in [1.807, 2.05) is 91.0 Å². The highest BCUT2D eigenvalue weighted by atomic mass is 79.9. The summed E-state index contributed by atoms with van der Waals surface area (Å²) in [5.41, 5.74) is 13.5. The molecule has 4 aromatic carbocycles. The van der Waals surface area contributed by atoms with Gasteiger partial charge in [-0.3, -0.25) is 4.79 Å². The summed E-state index contributed by atoms with van der Waals surface area (Å²) < 4.78 is 12.8. The zero-order valence-electron chi connectivity index (χ0n) is 23.6. The Hall–Kier alpha value is -4.66. The first-order valence-corrected chi connectivity index (χ1v) is 15.2. The van der Waals surface area contributed by atoms with Gasteiger partial charge < -0.3 is 20.5 Å². The zero-order chi connectivity index (χ0) is 29.9. The molecule has 214 valence electrons. The van der Waals surface area contributed by atoms with Gasteiger partial charge in [-0.2, -0.15) is 0 Å². The Morgan fingerprint density at radius 1 is 0.907 bits per heavy atom. The molecular formula is C35H28BrN3O3S. The van der Waals surface area contributed by atoms with Crippen molar-refractivity contribution in [3.63, 3.8) is 0 Å². The predicted molar refractivity (Wildman–Crippen MR) is 179 cm³/mol. The second-order valence-electron chi connectivity index (χ2n) is 10.0. The lowest BCUT2D eigenvalue weighted by molar-refractivity contribution is 0.103. The fraction of sp³-hybridized carbons (Fsp3) is 0.0857. The largest absolute Gasteiger partial charge is 0.493 e. The number of aromatic nitrogens is 1. The van der Waals surface area contributed by atoms with Crippen LogP contribution in [0, 0.1) is 6.92 Å². The molecule has 0 saturated carbocycles. The molecule has 0 aliphatic heterocycles. The van der Waals surface area contributed by atoms with Crippen LogP contribution in [-0.4, -0.2) is 18.0 Å². The quantitative estimate of drug-likeness (QED) is 0.172. The topological polar surface area (TPSA) is 86.5 Å². The molecule has 0 unspecified atom stereocenters. The highest BCUT2D eigenvalue weighted by molar-refractivity contribution is 9.10. The molecule has 8 heteroatoms. The molecular weight excluding hydrogens is 622 g/mol. The van der Waals surface area contributed by atoms with Crippen LogP contribution in [0.3, 0.4) is 0 Å². The first-order chi connectivity index (χ1) is 20.9. The minimum Gasteiger partial charge on any atom is -0.493 e. The molecule has 0 atom stereocenters. The monoisotopic (exact) mass is 649 g/mol. The summed E-state index contributed by atoms with van der Waals surface area (Å²) in [4.78, 5) is 19.5. The number of halogens is 1. The molecule has 3 N–H and O–H groups in total. The highest BCUT2D eigenvalue weighted by Crippen LogP contribution is 2.43. The molecule has 2 heterocycles. The summed E-state index contributed by atoms with van der Waals surface area (Å²) >= 11 is 4.71. The molecule has 0 spiro atoms. The van der Waals surface area contributed by atoms with E-state index in [4.69, 9.17) is 20.2 Å². The van der Waals surface area contributed by atoms with Crippen LogP contribution in [0.1, 0.15) is 20.8 Å². The number of thiophene rings is 1. The van der Waals surface area contributed by atoms with Crippen LogP contribution in [0.15, 0.2) is 108 Å². The standard InChI is InChI=1S/C35H28BrN3O3S/c1-21-8-10-23(11-9-21)28-19-27(24-12-17-29(30(18-24)41-2)42-20-22-6-4-3-5-7-22)31-32(37)33(43-35(31)39-28)34(40)38-26-15-13-25(36)14-16-26/h3-19H,20,37H2,1-2H3,(H,38,40). The van der Waals surface area contributed by atoms with Crippen LogP contribution < -0.4 is 20.5 Å². The molecule has 6 rings (SSSR count). The molecule has 0 fully saturated rings. The fourth-order valence-electron chi connectivity index (χ4n) is 4.80. The van der Waals surface area contributed by atoms with E-state index >= 15 is 0 Å². The maximum Gasteiger partial charge on any atom is 0.267 e. The van der Waals surface area contributed by atoms with Gasteiger partial charge in [-0.05, 0) is 66.1 Å². The fourth-order valence-corrected chi connectivity index (χ4v) is 6.08. The Bertz CT molecular complexity index is 1920. The lowest BCUT2D eigenvalue weighted by Crippen LogP contribution is -2.11. The van der Waals surface area contributed by atoms with Gasteiger partial charge >= 0.3 is 0 Å². The van der Waals surface area contributed by atoms with Crippen molar-refractivity contribution in [2.24, 2.45) is 0 Å². The first-order valence-electron chi connectivity index (χ1n) is 13.6. The minimum absolute atomic E-state index is 0.284. The third-order valence-electron chi connectivity index (χ3n) is 7.07. The number of methoxy groups -OCH3 is 1. The third-order valence-corrected chi connectivity index (χ3v) is 8.69. The van der Waals surface area contributed by atoms with Gasteiger partial charge in [0.25, 0.3) is 5.91 Å². The van der Waals surface area contributed by atoms with Gasteiger partial charge in [-0.15, -0.1) is 11.3 Å². The van der Waals surface area contributed by atoms with E-state index in [0.717, 1.165) is 43.4 Å². The molecule has 0 aliphatic carbocycles. The predicted octanol–water partition coefficient (Wildman–Crippen LogP) is 9.12. The van der Waals surface area contributed by atoms with Gasteiger partial charge in [0.1, 0.15) is 16.3 Å². The van der Waals surface area contributed by atoms with Crippen LogP contribution in [0.2, 0.25) is 0 Å². The van der Waals surface area contributed by atoms with E-state index in [1.54, 1.807) is 7.11 Å². The average Bonchev–Trinajstić information content (AvgIpc) is 3.37. The van der Waals surface area contributed by atoms with Crippen molar-refractivity contribution in [1.29, 1.82) is 0 Å². The third kappa shape index (κ3) is 6.11. The number of carbonyl (C=O) groups excluding carboxylic acids is 1. The Balaban J connectivity index is 1.44. The number of nitrogens with one attached hydrogen (secondary N) is 1. The Morgan fingerprint density at radius 3 is 2.35 bits per heavy atom. The molecule has 0 bridgehead atoms. The second-order valence-corrected chi connectivity index (χ2v) is 12.0. The maximum atomic E-state index is 13.4. The lowest BCUT2D eigenvalue weighted by Gasteiger charge is -2.14. The Labute approximate surface area is 262 Å². The summed E-state index contributed by atoms with van der Waals surface area (Å²) in [6.45, 7) is 2.47. The van der Waals surface area contributed by atoms with Crippen molar-refractivity contribution in [2.45, 2.75) is 13.5 Å². The number of anilines is 2. The Morgan fingerprint density at radius 2 is 1.63 bits per heavy atom. The van der Waals surface area contributed by atoms with E-state index in [2.05, 4.69) is 40.3 Å². The number of amides is 1. The molecule has 6 nitrogen and oxygen atoms in total. The van der Waals surface area contributed by atoms with Crippen LogP contribution in [0.25, 0.3) is 32.6 Å². The number of hydrogen-bond acceptors (Lipinski definition) is 6. The van der Waals surface area contributed by atoms with Crippen LogP contribution in [0.5, 0.6) is 11.5 Å². The normalized spacial score (nSPS) is 11.0. The zero-order valence-corrected chi connectivity index (χ0v) is 26.0. The number of nitrogens with zero attached hydrogens (tertiary/aromatic N) is 1. The van der Waals surface area contributed by atoms with Crippen LogP contribution in [-0.2, 0) is 6.61 Å². The van der Waals surface area contributed by atoms with Crippen LogP contribution >= 0.6 is 27.3 Å². The molecule has 1 amide bonds. The van der Waals surface area contributed by atoms with Crippen molar-refractivity contribution in [2.75, 3.05) is 18.2 Å². The van der Waals surface area contributed by atoms with E-state index in [0.29, 0.717) is 39.2 Å².